The summed E-state index contributed by atoms with van der Waals surface area (Å²) in [5, 5.41) is 8.78. The molecule has 1 aliphatic heterocycles. The summed E-state index contributed by atoms with van der Waals surface area (Å²) in [7, 11) is 0. The van der Waals surface area contributed by atoms with Crippen LogP contribution < -0.4 is 0 Å². The lowest BCUT2D eigenvalue weighted by Crippen LogP contribution is -2.31. The average molecular weight is 249 g/mol. The van der Waals surface area contributed by atoms with Crippen LogP contribution in [0.1, 0.15) is 35.2 Å². The number of likely N-dealkylation sites (tertiary alicyclic amines) is 1. The lowest BCUT2D eigenvalue weighted by atomic mass is 10.1. The first kappa shape index (κ1) is 11.7. The number of carboxylic acids is 1. The van der Waals surface area contributed by atoms with Crippen molar-refractivity contribution in [2.24, 2.45) is 5.92 Å². The quantitative estimate of drug-likeness (QED) is 0.894. The van der Waals surface area contributed by atoms with E-state index in [1.807, 2.05) is 0 Å². The molecule has 0 radical (unpaired) electrons. The van der Waals surface area contributed by atoms with Crippen LogP contribution in [-0.2, 0) is 6.54 Å². The lowest BCUT2D eigenvalue weighted by Gasteiger charge is -2.26. The third-order valence-electron chi connectivity index (χ3n) is 4.17. The highest BCUT2D eigenvalue weighted by Gasteiger charge is 2.37. The van der Waals surface area contributed by atoms with Gasteiger partial charge >= 0.3 is 5.97 Å². The third kappa shape index (κ3) is 2.01. The molecule has 2 atom stereocenters. The second-order valence-electron chi connectivity index (χ2n) is 5.38. The molecule has 2 aliphatic rings. The van der Waals surface area contributed by atoms with Crippen molar-refractivity contribution in [2.75, 3.05) is 6.54 Å². The summed E-state index contributed by atoms with van der Waals surface area (Å²) in [6.45, 7) is 1.84. The van der Waals surface area contributed by atoms with Crippen LogP contribution in [0.5, 0.6) is 0 Å². The van der Waals surface area contributed by atoms with Crippen molar-refractivity contribution in [1.82, 2.24) is 4.90 Å². The average Bonchev–Trinajstić information content (AvgIpc) is 2.90. The zero-order valence-electron chi connectivity index (χ0n) is 10.1. The summed E-state index contributed by atoms with van der Waals surface area (Å²) >= 11 is 0. The molecule has 2 unspecified atom stereocenters. The molecular formula is C14H16FNO2. The van der Waals surface area contributed by atoms with Gasteiger partial charge in [0.15, 0.2) is 0 Å². The molecule has 1 aliphatic carbocycles. The van der Waals surface area contributed by atoms with E-state index in [4.69, 9.17) is 5.11 Å². The number of nitrogens with zero attached hydrogens (tertiary/aromatic N) is 1. The first-order valence-corrected chi connectivity index (χ1v) is 6.39. The minimum absolute atomic E-state index is 0.248. The topological polar surface area (TPSA) is 40.5 Å². The highest BCUT2D eigenvalue weighted by atomic mass is 19.1. The molecule has 3 rings (SSSR count). The summed E-state index contributed by atoms with van der Waals surface area (Å²) in [5.41, 5.74) is 0.617. The molecule has 1 saturated heterocycles. The van der Waals surface area contributed by atoms with Crippen LogP contribution in [0, 0.1) is 11.7 Å². The van der Waals surface area contributed by atoms with Gasteiger partial charge in [-0.05, 0) is 42.9 Å². The Morgan fingerprint density at radius 2 is 2.28 bits per heavy atom. The fourth-order valence-corrected chi connectivity index (χ4v) is 3.29. The Balaban J connectivity index is 1.74. The minimum Gasteiger partial charge on any atom is -0.478 e. The molecule has 3 nitrogen and oxygen atoms in total. The molecule has 4 heteroatoms. The predicted molar refractivity (Wildman–Crippen MR) is 64.9 cm³/mol. The highest BCUT2D eigenvalue weighted by molar-refractivity contribution is 5.87. The van der Waals surface area contributed by atoms with Gasteiger partial charge in [0.1, 0.15) is 5.82 Å². The van der Waals surface area contributed by atoms with E-state index in [2.05, 4.69) is 4.90 Å². The van der Waals surface area contributed by atoms with E-state index in [-0.39, 0.29) is 5.56 Å². The van der Waals surface area contributed by atoms with Gasteiger partial charge in [0.25, 0.3) is 0 Å². The monoisotopic (exact) mass is 249 g/mol. The van der Waals surface area contributed by atoms with Crippen molar-refractivity contribution in [1.29, 1.82) is 0 Å². The zero-order chi connectivity index (χ0) is 12.7. The van der Waals surface area contributed by atoms with Crippen LogP contribution in [0.2, 0.25) is 0 Å². The Morgan fingerprint density at radius 3 is 2.83 bits per heavy atom. The van der Waals surface area contributed by atoms with Crippen molar-refractivity contribution in [3.63, 3.8) is 0 Å². The first-order chi connectivity index (χ1) is 8.63. The largest absolute Gasteiger partial charge is 0.478 e. The summed E-state index contributed by atoms with van der Waals surface area (Å²) in [6, 6.07) is 5.09. The lowest BCUT2D eigenvalue weighted by molar-refractivity contribution is 0.0692. The fraction of sp³-hybridized carbons (Fsp3) is 0.500. The smallest absolute Gasteiger partial charge is 0.338 e. The molecule has 1 aromatic rings. The number of carboxylic acid groups (broad SMARTS) is 1. The van der Waals surface area contributed by atoms with E-state index in [0.29, 0.717) is 6.04 Å². The molecule has 96 valence electrons. The van der Waals surface area contributed by atoms with Crippen LogP contribution in [0.25, 0.3) is 0 Å². The van der Waals surface area contributed by atoms with Gasteiger partial charge < -0.3 is 5.11 Å². The van der Waals surface area contributed by atoms with Crippen molar-refractivity contribution in [3.8, 4) is 0 Å². The van der Waals surface area contributed by atoms with Crippen molar-refractivity contribution in [3.05, 3.63) is 35.1 Å². The van der Waals surface area contributed by atoms with Crippen molar-refractivity contribution >= 4 is 5.97 Å². The Bertz CT molecular complexity index is 489. The number of hydrogen-bond acceptors (Lipinski definition) is 2. The van der Waals surface area contributed by atoms with E-state index in [1.54, 1.807) is 6.07 Å². The summed E-state index contributed by atoms with van der Waals surface area (Å²) in [6.07, 6.45) is 3.85. The predicted octanol–water partition coefficient (Wildman–Crippen LogP) is 2.51. The molecular weight excluding hydrogens is 233 g/mol. The fourth-order valence-electron chi connectivity index (χ4n) is 3.29. The number of benzene rings is 1. The summed E-state index contributed by atoms with van der Waals surface area (Å²) < 4.78 is 13.6. The second kappa shape index (κ2) is 4.35. The van der Waals surface area contributed by atoms with Gasteiger partial charge in [-0.15, -0.1) is 0 Å². The van der Waals surface area contributed by atoms with Crippen LogP contribution in [0.3, 0.4) is 0 Å². The Hall–Kier alpha value is -1.42. The van der Waals surface area contributed by atoms with Crippen LogP contribution in [-0.4, -0.2) is 28.6 Å². The molecule has 0 spiro atoms. The van der Waals surface area contributed by atoms with Crippen LogP contribution in [0.4, 0.5) is 4.39 Å². The van der Waals surface area contributed by atoms with Gasteiger partial charge in [-0.25, -0.2) is 9.18 Å². The van der Waals surface area contributed by atoms with Gasteiger partial charge in [-0.2, -0.15) is 0 Å². The number of aromatic carboxylic acids is 1. The second-order valence-corrected chi connectivity index (χ2v) is 5.38. The van der Waals surface area contributed by atoms with Gasteiger partial charge in [-0.3, -0.25) is 4.90 Å². The van der Waals surface area contributed by atoms with Gasteiger partial charge in [0, 0.05) is 19.1 Å². The molecule has 0 amide bonds. The SMILES string of the molecule is O=C(O)c1ccc(CN2CC3CCC2C3)cc1F. The molecule has 18 heavy (non-hydrogen) atoms. The van der Waals surface area contributed by atoms with Crippen molar-refractivity contribution < 1.29 is 14.3 Å². The van der Waals surface area contributed by atoms with Gasteiger partial charge in [0.05, 0.1) is 5.56 Å². The number of carbonyl (C=O) groups is 1. The number of rotatable bonds is 3. The molecule has 0 aromatic heterocycles. The number of halogens is 1. The standard InChI is InChI=1S/C14H16FNO2/c15-13-6-10(2-4-12(13)14(17)18)8-16-7-9-1-3-11(16)5-9/h2,4,6,9,11H,1,3,5,7-8H2,(H,17,18). The van der Waals surface area contributed by atoms with E-state index in [1.165, 1.54) is 31.4 Å². The third-order valence-corrected chi connectivity index (χ3v) is 4.17. The van der Waals surface area contributed by atoms with E-state index >= 15 is 0 Å². The minimum atomic E-state index is -1.21. The molecule has 1 saturated carbocycles. The number of fused-ring (bicyclic) bond motifs is 2. The molecule has 1 heterocycles. The van der Waals surface area contributed by atoms with E-state index < -0.39 is 11.8 Å². The van der Waals surface area contributed by atoms with E-state index in [0.717, 1.165) is 24.6 Å². The zero-order valence-corrected chi connectivity index (χ0v) is 10.1. The Kier molecular flexibility index (Phi) is 2.82. The van der Waals surface area contributed by atoms with E-state index in [9.17, 15) is 9.18 Å². The van der Waals surface area contributed by atoms with Gasteiger partial charge in [0.2, 0.25) is 0 Å². The molecule has 1 N–H and O–H groups in total. The van der Waals surface area contributed by atoms with Crippen molar-refractivity contribution in [2.45, 2.75) is 31.8 Å². The molecule has 1 aromatic carbocycles. The Morgan fingerprint density at radius 1 is 1.44 bits per heavy atom. The maximum absolute atomic E-state index is 13.6. The Labute approximate surface area is 105 Å². The maximum Gasteiger partial charge on any atom is 0.338 e. The molecule has 2 bridgehead atoms. The summed E-state index contributed by atoms with van der Waals surface area (Å²) in [5.74, 6) is -1.03. The molecule has 2 fully saturated rings. The van der Waals surface area contributed by atoms with Crippen LogP contribution >= 0.6 is 0 Å². The number of hydrogen-bond donors (Lipinski definition) is 1. The summed E-state index contributed by atoms with van der Waals surface area (Å²) in [4.78, 5) is 13.1. The van der Waals surface area contributed by atoms with Gasteiger partial charge in [-0.1, -0.05) is 6.07 Å². The van der Waals surface area contributed by atoms with Crippen LogP contribution in [0.15, 0.2) is 18.2 Å². The first-order valence-electron chi connectivity index (χ1n) is 6.39. The number of piperidine rings is 1. The highest BCUT2D eigenvalue weighted by Crippen LogP contribution is 2.38. The maximum atomic E-state index is 13.6. The normalized spacial score (nSPS) is 26.7.